The van der Waals surface area contributed by atoms with Gasteiger partial charge in [-0.25, -0.2) is 5.43 Å². The van der Waals surface area contributed by atoms with Crippen LogP contribution in [0.1, 0.15) is 12.5 Å². The average Bonchev–Trinajstić information content (AvgIpc) is 2.15. The molecule has 1 aromatic rings. The van der Waals surface area contributed by atoms with E-state index in [4.69, 9.17) is 22.7 Å². The maximum atomic E-state index is 6.92. The Kier molecular flexibility index (Phi) is 3.48. The van der Waals surface area contributed by atoms with Gasteiger partial charge in [0.25, 0.3) is 0 Å². The van der Waals surface area contributed by atoms with Crippen LogP contribution in [0, 0.1) is 5.41 Å². The number of benzene rings is 1. The molecule has 14 heavy (non-hydrogen) atoms. The highest BCUT2D eigenvalue weighted by Gasteiger charge is 1.96. The second kappa shape index (κ2) is 4.62. The van der Waals surface area contributed by atoms with Gasteiger partial charge in [-0.15, -0.1) is 0 Å². The minimum Gasteiger partial charge on any atom is -0.369 e. The number of nitrogens with zero attached hydrogens (tertiary/aromatic N) is 1. The fraction of sp³-hybridized carbons (Fsp3) is 0.111. The predicted molar refractivity (Wildman–Crippen MR) is 58.7 cm³/mol. The highest BCUT2D eigenvalue weighted by molar-refractivity contribution is 6.30. The van der Waals surface area contributed by atoms with E-state index >= 15 is 0 Å². The zero-order valence-electron chi connectivity index (χ0n) is 7.71. The van der Waals surface area contributed by atoms with Crippen molar-refractivity contribution in [2.75, 3.05) is 0 Å². The quantitative estimate of drug-likeness (QED) is 0.394. The fourth-order valence-electron chi connectivity index (χ4n) is 0.900. The minimum atomic E-state index is -0.182. The Morgan fingerprint density at radius 2 is 2.00 bits per heavy atom. The lowest BCUT2D eigenvalue weighted by Crippen LogP contribution is -2.26. The lowest BCUT2D eigenvalue weighted by atomic mass is 10.1. The first-order chi connectivity index (χ1) is 6.59. The van der Waals surface area contributed by atoms with Crippen molar-refractivity contribution >= 4 is 23.3 Å². The molecule has 0 radical (unpaired) electrons. The van der Waals surface area contributed by atoms with Gasteiger partial charge < -0.3 is 5.73 Å². The fourth-order valence-corrected chi connectivity index (χ4v) is 1.03. The van der Waals surface area contributed by atoms with Crippen molar-refractivity contribution in [3.05, 3.63) is 34.9 Å². The van der Waals surface area contributed by atoms with Crippen LogP contribution in [0.3, 0.4) is 0 Å². The molecule has 1 rings (SSSR count). The molecule has 0 saturated heterocycles. The van der Waals surface area contributed by atoms with Crippen LogP contribution in [0.5, 0.6) is 0 Å². The zero-order chi connectivity index (χ0) is 10.6. The molecule has 0 aliphatic rings. The van der Waals surface area contributed by atoms with Gasteiger partial charge in [-0.3, -0.25) is 5.41 Å². The summed E-state index contributed by atoms with van der Waals surface area (Å²) in [6.07, 6.45) is 0. The van der Waals surface area contributed by atoms with E-state index in [2.05, 4.69) is 10.5 Å². The molecule has 0 heterocycles. The van der Waals surface area contributed by atoms with Crippen LogP contribution in [0.15, 0.2) is 29.4 Å². The molecule has 74 valence electrons. The SMILES string of the molecule is C/C(=N\NC(=N)N)c1ccc(Cl)cc1. The number of nitrogens with one attached hydrogen (secondary N) is 2. The Morgan fingerprint density at radius 3 is 2.50 bits per heavy atom. The van der Waals surface area contributed by atoms with Gasteiger partial charge in [0.2, 0.25) is 5.96 Å². The van der Waals surface area contributed by atoms with Crippen molar-refractivity contribution in [1.29, 1.82) is 5.41 Å². The largest absolute Gasteiger partial charge is 0.369 e. The number of rotatable bonds is 2. The van der Waals surface area contributed by atoms with Crippen LogP contribution in [0.25, 0.3) is 0 Å². The van der Waals surface area contributed by atoms with Crippen LogP contribution in [0.4, 0.5) is 0 Å². The number of hydrogen-bond acceptors (Lipinski definition) is 2. The van der Waals surface area contributed by atoms with Crippen molar-refractivity contribution in [3.8, 4) is 0 Å². The first kappa shape index (κ1) is 10.5. The maximum absolute atomic E-state index is 6.92. The number of halogens is 1. The Hall–Kier alpha value is -1.55. The van der Waals surface area contributed by atoms with E-state index in [9.17, 15) is 0 Å². The molecule has 0 aromatic heterocycles. The van der Waals surface area contributed by atoms with Gasteiger partial charge in [0, 0.05) is 5.02 Å². The van der Waals surface area contributed by atoms with Gasteiger partial charge >= 0.3 is 0 Å². The summed E-state index contributed by atoms with van der Waals surface area (Å²) in [5.41, 5.74) is 9.14. The van der Waals surface area contributed by atoms with Gasteiger partial charge in [0.1, 0.15) is 0 Å². The van der Waals surface area contributed by atoms with E-state index < -0.39 is 0 Å². The third kappa shape index (κ3) is 3.06. The summed E-state index contributed by atoms with van der Waals surface area (Å²) >= 11 is 5.73. The van der Waals surface area contributed by atoms with E-state index in [-0.39, 0.29) is 5.96 Å². The third-order valence-electron chi connectivity index (χ3n) is 1.61. The summed E-state index contributed by atoms with van der Waals surface area (Å²) in [6, 6.07) is 7.26. The number of hydrazone groups is 1. The van der Waals surface area contributed by atoms with Crippen molar-refractivity contribution in [2.24, 2.45) is 10.8 Å². The summed E-state index contributed by atoms with van der Waals surface area (Å²) in [4.78, 5) is 0. The molecule has 1 aromatic carbocycles. The first-order valence-corrected chi connectivity index (χ1v) is 4.37. The molecular formula is C9H11ClN4. The molecular weight excluding hydrogens is 200 g/mol. The van der Waals surface area contributed by atoms with Gasteiger partial charge in [-0.05, 0) is 24.6 Å². The standard InChI is InChI=1S/C9H11ClN4/c1-6(13-14-9(11)12)7-2-4-8(10)5-3-7/h2-5H,1H3,(H4,11,12,14)/b13-6+. The smallest absolute Gasteiger partial charge is 0.206 e. The van der Waals surface area contributed by atoms with Crippen molar-refractivity contribution < 1.29 is 0 Å². The molecule has 0 atom stereocenters. The van der Waals surface area contributed by atoms with Crippen LogP contribution < -0.4 is 11.2 Å². The Labute approximate surface area is 87.3 Å². The molecule has 0 spiro atoms. The van der Waals surface area contributed by atoms with Gasteiger partial charge in [0.05, 0.1) is 5.71 Å². The third-order valence-corrected chi connectivity index (χ3v) is 1.86. The van der Waals surface area contributed by atoms with Crippen LogP contribution in [-0.2, 0) is 0 Å². The van der Waals surface area contributed by atoms with Crippen LogP contribution in [0.2, 0.25) is 5.02 Å². The van der Waals surface area contributed by atoms with E-state index in [0.29, 0.717) is 5.02 Å². The molecule has 0 aliphatic carbocycles. The molecule has 0 fully saturated rings. The van der Waals surface area contributed by atoms with E-state index in [1.54, 1.807) is 12.1 Å². The Morgan fingerprint density at radius 1 is 1.43 bits per heavy atom. The normalized spacial score (nSPS) is 11.1. The van der Waals surface area contributed by atoms with Crippen LogP contribution >= 0.6 is 11.6 Å². The summed E-state index contributed by atoms with van der Waals surface area (Å²) in [7, 11) is 0. The summed E-state index contributed by atoms with van der Waals surface area (Å²) in [5, 5.41) is 11.5. The Bertz CT molecular complexity index is 356. The van der Waals surface area contributed by atoms with E-state index in [1.807, 2.05) is 19.1 Å². The second-order valence-corrected chi connectivity index (χ2v) is 3.17. The molecule has 0 saturated carbocycles. The molecule has 0 aliphatic heterocycles. The maximum Gasteiger partial charge on any atom is 0.206 e. The van der Waals surface area contributed by atoms with Crippen molar-refractivity contribution in [2.45, 2.75) is 6.92 Å². The summed E-state index contributed by atoms with van der Waals surface area (Å²) in [6.45, 7) is 1.82. The summed E-state index contributed by atoms with van der Waals surface area (Å²) in [5.74, 6) is -0.182. The molecule has 5 heteroatoms. The lowest BCUT2D eigenvalue weighted by molar-refractivity contribution is 0.992. The minimum absolute atomic E-state index is 0.182. The van der Waals surface area contributed by atoms with E-state index in [0.717, 1.165) is 11.3 Å². The second-order valence-electron chi connectivity index (χ2n) is 2.73. The highest BCUT2D eigenvalue weighted by atomic mass is 35.5. The number of hydrogen-bond donors (Lipinski definition) is 3. The molecule has 0 unspecified atom stereocenters. The zero-order valence-corrected chi connectivity index (χ0v) is 8.47. The van der Waals surface area contributed by atoms with Crippen LogP contribution in [-0.4, -0.2) is 11.7 Å². The molecule has 0 bridgehead atoms. The lowest BCUT2D eigenvalue weighted by Gasteiger charge is -2.01. The first-order valence-electron chi connectivity index (χ1n) is 4.00. The molecule has 0 amide bonds. The highest BCUT2D eigenvalue weighted by Crippen LogP contribution is 2.09. The monoisotopic (exact) mass is 210 g/mol. The predicted octanol–water partition coefficient (Wildman–Crippen LogP) is 1.55. The van der Waals surface area contributed by atoms with Crippen molar-refractivity contribution in [1.82, 2.24) is 5.43 Å². The van der Waals surface area contributed by atoms with Gasteiger partial charge in [0.15, 0.2) is 0 Å². The molecule has 4 N–H and O–H groups in total. The molecule has 4 nitrogen and oxygen atoms in total. The van der Waals surface area contributed by atoms with Crippen molar-refractivity contribution in [3.63, 3.8) is 0 Å². The van der Waals surface area contributed by atoms with E-state index in [1.165, 1.54) is 0 Å². The Balaban J connectivity index is 2.78. The average molecular weight is 211 g/mol. The van der Waals surface area contributed by atoms with Gasteiger partial charge in [-0.2, -0.15) is 5.10 Å². The summed E-state index contributed by atoms with van der Waals surface area (Å²) < 4.78 is 0. The number of nitrogens with two attached hydrogens (primary N) is 1. The van der Waals surface area contributed by atoms with Gasteiger partial charge in [-0.1, -0.05) is 23.7 Å². The number of guanidine groups is 1. The topological polar surface area (TPSA) is 74.3 Å².